The lowest BCUT2D eigenvalue weighted by molar-refractivity contribution is 0.238. The Kier molecular flexibility index (Phi) is 6.40. The average molecular weight is 355 g/mol. The Bertz CT molecular complexity index is 669. The predicted molar refractivity (Wildman–Crippen MR) is 105 cm³/mol. The third-order valence-corrected chi connectivity index (χ3v) is 5.71. The molecule has 1 unspecified atom stereocenters. The summed E-state index contributed by atoms with van der Waals surface area (Å²) in [5.74, 6) is 0.935. The zero-order chi connectivity index (χ0) is 17.5. The smallest absolute Gasteiger partial charge is 0.315 e. The van der Waals surface area contributed by atoms with Gasteiger partial charge in [-0.1, -0.05) is 68.7 Å². The van der Waals surface area contributed by atoms with E-state index in [2.05, 4.69) is 60.0 Å². The van der Waals surface area contributed by atoms with Crippen LogP contribution in [0, 0.1) is 0 Å². The van der Waals surface area contributed by atoms with Crippen LogP contribution in [-0.2, 0) is 5.75 Å². The molecule has 1 atom stereocenters. The van der Waals surface area contributed by atoms with Crippen molar-refractivity contribution in [2.24, 2.45) is 0 Å². The van der Waals surface area contributed by atoms with Crippen LogP contribution in [0.4, 0.5) is 4.79 Å². The minimum atomic E-state index is -0.0990. The van der Waals surface area contributed by atoms with Crippen LogP contribution in [-0.4, -0.2) is 12.6 Å². The molecule has 0 spiro atoms. The second kappa shape index (κ2) is 8.95. The minimum Gasteiger partial charge on any atom is -0.338 e. The van der Waals surface area contributed by atoms with E-state index in [1.165, 1.54) is 40.8 Å². The summed E-state index contributed by atoms with van der Waals surface area (Å²) in [5.41, 5.74) is 3.66. The van der Waals surface area contributed by atoms with Crippen molar-refractivity contribution >= 4 is 17.8 Å². The quantitative estimate of drug-likeness (QED) is 0.695. The van der Waals surface area contributed by atoms with Gasteiger partial charge in [-0.15, -0.1) is 11.8 Å². The summed E-state index contributed by atoms with van der Waals surface area (Å²) < 4.78 is 0. The molecule has 0 bridgehead atoms. The van der Waals surface area contributed by atoms with Crippen LogP contribution < -0.4 is 10.6 Å². The molecule has 0 aliphatic carbocycles. The van der Waals surface area contributed by atoms with E-state index in [1.807, 2.05) is 17.8 Å². The minimum absolute atomic E-state index is 0.0852. The molecule has 1 heterocycles. The van der Waals surface area contributed by atoms with Crippen LogP contribution in [0.15, 0.2) is 53.4 Å². The first-order chi connectivity index (χ1) is 12.3. The van der Waals surface area contributed by atoms with Gasteiger partial charge in [0.2, 0.25) is 0 Å². The van der Waals surface area contributed by atoms with Gasteiger partial charge in [0.05, 0.1) is 6.04 Å². The van der Waals surface area contributed by atoms with Gasteiger partial charge in [-0.25, -0.2) is 4.79 Å². The van der Waals surface area contributed by atoms with Gasteiger partial charge in [0.1, 0.15) is 0 Å². The molecule has 2 amide bonds. The molecule has 1 aliphatic rings. The monoisotopic (exact) mass is 354 g/mol. The van der Waals surface area contributed by atoms with Gasteiger partial charge >= 0.3 is 6.03 Å². The van der Waals surface area contributed by atoms with Gasteiger partial charge < -0.3 is 10.6 Å². The van der Waals surface area contributed by atoms with Gasteiger partial charge in [-0.05, 0) is 29.2 Å². The van der Waals surface area contributed by atoms with Crippen LogP contribution in [0.25, 0.3) is 0 Å². The molecule has 1 aliphatic heterocycles. The fourth-order valence-electron chi connectivity index (χ4n) is 3.21. The number of carbonyl (C=O) groups excluding carboxylic acids is 1. The summed E-state index contributed by atoms with van der Waals surface area (Å²) in [4.78, 5) is 13.7. The van der Waals surface area contributed by atoms with E-state index in [0.717, 1.165) is 18.7 Å². The molecule has 3 nitrogen and oxygen atoms in total. The number of hydrogen-bond acceptors (Lipinski definition) is 2. The number of urea groups is 1. The molecule has 2 aromatic carbocycles. The first-order valence-corrected chi connectivity index (χ1v) is 10.1. The highest BCUT2D eigenvalue weighted by molar-refractivity contribution is 7.98. The molecule has 0 saturated heterocycles. The maximum Gasteiger partial charge on any atom is 0.315 e. The lowest BCUT2D eigenvalue weighted by atomic mass is 9.95. The lowest BCUT2D eigenvalue weighted by Gasteiger charge is -2.21. The summed E-state index contributed by atoms with van der Waals surface area (Å²) in [7, 11) is 0. The fourth-order valence-corrected chi connectivity index (χ4v) is 4.31. The molecular weight excluding hydrogens is 328 g/mol. The first-order valence-electron chi connectivity index (χ1n) is 9.13. The van der Waals surface area contributed by atoms with Crippen molar-refractivity contribution in [2.75, 3.05) is 6.54 Å². The normalized spacial score (nSPS) is 15.6. The Morgan fingerprint density at radius 3 is 2.64 bits per heavy atom. The van der Waals surface area contributed by atoms with Gasteiger partial charge in [0.15, 0.2) is 0 Å². The van der Waals surface area contributed by atoms with E-state index < -0.39 is 0 Å². The molecule has 4 heteroatoms. The van der Waals surface area contributed by atoms with E-state index in [0.29, 0.717) is 0 Å². The van der Waals surface area contributed by atoms with E-state index in [9.17, 15) is 4.79 Å². The number of unbranched alkanes of at least 4 members (excludes halogenated alkanes) is 3. The largest absolute Gasteiger partial charge is 0.338 e. The molecule has 2 aromatic rings. The van der Waals surface area contributed by atoms with E-state index in [-0.39, 0.29) is 12.1 Å². The maximum absolute atomic E-state index is 12.4. The summed E-state index contributed by atoms with van der Waals surface area (Å²) in [6, 6.07) is 16.6. The van der Waals surface area contributed by atoms with Crippen molar-refractivity contribution in [1.29, 1.82) is 0 Å². The van der Waals surface area contributed by atoms with Gasteiger partial charge in [-0.3, -0.25) is 0 Å². The predicted octanol–water partition coefficient (Wildman–Crippen LogP) is 5.26. The van der Waals surface area contributed by atoms with Crippen LogP contribution >= 0.6 is 11.8 Å². The third-order valence-electron chi connectivity index (χ3n) is 4.57. The summed E-state index contributed by atoms with van der Waals surface area (Å²) >= 11 is 1.84. The van der Waals surface area contributed by atoms with E-state index >= 15 is 0 Å². The molecule has 0 aromatic heterocycles. The lowest BCUT2D eigenvalue weighted by Crippen LogP contribution is -2.39. The van der Waals surface area contributed by atoms with Gasteiger partial charge in [0, 0.05) is 17.2 Å². The summed E-state index contributed by atoms with van der Waals surface area (Å²) in [6.07, 6.45) is 4.64. The highest BCUT2D eigenvalue weighted by Gasteiger charge is 2.24. The molecule has 25 heavy (non-hydrogen) atoms. The third kappa shape index (κ3) is 4.57. The first kappa shape index (κ1) is 17.9. The van der Waals surface area contributed by atoms with Crippen LogP contribution in [0.2, 0.25) is 0 Å². The Labute approximate surface area is 154 Å². The van der Waals surface area contributed by atoms with Gasteiger partial charge in [0.25, 0.3) is 0 Å². The number of benzene rings is 2. The van der Waals surface area contributed by atoms with Crippen molar-refractivity contribution in [1.82, 2.24) is 10.6 Å². The molecule has 0 fully saturated rings. The Balaban J connectivity index is 1.74. The van der Waals surface area contributed by atoms with Crippen molar-refractivity contribution in [3.05, 3.63) is 65.2 Å². The Morgan fingerprint density at radius 1 is 1.04 bits per heavy atom. The highest BCUT2D eigenvalue weighted by atomic mass is 32.2. The maximum atomic E-state index is 12.4. The number of amides is 2. The average Bonchev–Trinajstić information content (AvgIpc) is 2.79. The van der Waals surface area contributed by atoms with Crippen molar-refractivity contribution in [3.63, 3.8) is 0 Å². The molecule has 0 saturated carbocycles. The zero-order valence-electron chi connectivity index (χ0n) is 14.8. The van der Waals surface area contributed by atoms with Gasteiger partial charge in [-0.2, -0.15) is 0 Å². The summed E-state index contributed by atoms with van der Waals surface area (Å²) in [6.45, 7) is 2.93. The summed E-state index contributed by atoms with van der Waals surface area (Å²) in [5, 5.41) is 6.21. The van der Waals surface area contributed by atoms with Crippen molar-refractivity contribution in [3.8, 4) is 0 Å². The van der Waals surface area contributed by atoms with Crippen LogP contribution in [0.5, 0.6) is 0 Å². The highest BCUT2D eigenvalue weighted by Crippen LogP contribution is 2.39. The van der Waals surface area contributed by atoms with E-state index in [4.69, 9.17) is 0 Å². The Hall–Kier alpha value is -1.94. The number of nitrogens with one attached hydrogen (secondary N) is 2. The van der Waals surface area contributed by atoms with Crippen molar-refractivity contribution in [2.45, 2.75) is 49.3 Å². The zero-order valence-corrected chi connectivity index (χ0v) is 15.6. The number of rotatable bonds is 6. The molecule has 3 rings (SSSR count). The molecular formula is C21H26N2OS. The topological polar surface area (TPSA) is 41.1 Å². The second-order valence-corrected chi connectivity index (χ2v) is 7.44. The van der Waals surface area contributed by atoms with Crippen molar-refractivity contribution < 1.29 is 4.79 Å². The number of fused-ring (bicyclic) bond motifs is 2. The van der Waals surface area contributed by atoms with Crippen LogP contribution in [0.3, 0.4) is 0 Å². The molecule has 132 valence electrons. The SMILES string of the molecule is CCCCCCNC(=O)NC1c2ccccc2CSc2ccccc21. The number of carbonyl (C=O) groups is 1. The van der Waals surface area contributed by atoms with E-state index in [1.54, 1.807) is 0 Å². The second-order valence-electron chi connectivity index (χ2n) is 6.42. The molecule has 0 radical (unpaired) electrons. The standard InChI is InChI=1S/C21H26N2OS/c1-2-3-4-9-14-22-21(24)23-20-17-11-6-5-10-16(17)15-25-19-13-8-7-12-18(19)20/h5-8,10-13,20H,2-4,9,14-15H2,1H3,(H2,22,23,24). The molecule has 2 N–H and O–H groups in total. The number of thioether (sulfide) groups is 1. The fraction of sp³-hybridized carbons (Fsp3) is 0.381. The van der Waals surface area contributed by atoms with Crippen LogP contribution in [0.1, 0.15) is 55.3 Å². The Morgan fingerprint density at radius 2 is 1.80 bits per heavy atom. The number of hydrogen-bond donors (Lipinski definition) is 2.